The van der Waals surface area contributed by atoms with E-state index in [0.29, 0.717) is 23.7 Å². The van der Waals surface area contributed by atoms with Gasteiger partial charge in [-0.2, -0.15) is 0 Å². The normalized spacial score (nSPS) is 14.2. The summed E-state index contributed by atoms with van der Waals surface area (Å²) >= 11 is 6.10. The highest BCUT2D eigenvalue weighted by atomic mass is 35.5. The van der Waals surface area contributed by atoms with E-state index in [1.54, 1.807) is 0 Å². The van der Waals surface area contributed by atoms with Crippen LogP contribution < -0.4 is 0 Å². The fourth-order valence-electron chi connectivity index (χ4n) is 5.36. The number of aromatic nitrogens is 1. The molecule has 5 aromatic rings. The Labute approximate surface area is 228 Å². The molecule has 188 valence electrons. The highest BCUT2D eigenvalue weighted by Crippen LogP contribution is 2.31. The Hall–Kier alpha value is -3.99. The van der Waals surface area contributed by atoms with Crippen LogP contribution >= 0.6 is 11.6 Å². The van der Waals surface area contributed by atoms with Gasteiger partial charge in [0.1, 0.15) is 0 Å². The Balaban J connectivity index is 1.28. The van der Waals surface area contributed by atoms with E-state index in [4.69, 9.17) is 16.6 Å². The maximum absolute atomic E-state index is 13.9. The van der Waals surface area contributed by atoms with Crippen LogP contribution in [0.1, 0.15) is 27.5 Å². The minimum Gasteiger partial charge on any atom is -0.336 e. The van der Waals surface area contributed by atoms with Crippen LogP contribution in [0.4, 0.5) is 0 Å². The molecule has 1 aromatic heterocycles. The number of carbonyl (C=O) groups excluding carboxylic acids is 1. The van der Waals surface area contributed by atoms with Crippen LogP contribution in [0, 0.1) is 0 Å². The molecule has 1 aliphatic heterocycles. The van der Waals surface area contributed by atoms with Crippen LogP contribution in [0.25, 0.3) is 22.2 Å². The van der Waals surface area contributed by atoms with E-state index in [9.17, 15) is 4.79 Å². The molecule has 0 spiro atoms. The van der Waals surface area contributed by atoms with Gasteiger partial charge in [-0.1, -0.05) is 103 Å². The third kappa shape index (κ3) is 4.93. The van der Waals surface area contributed by atoms with Crippen molar-refractivity contribution in [2.24, 2.45) is 0 Å². The molecule has 0 aliphatic carbocycles. The average molecular weight is 518 g/mol. The van der Waals surface area contributed by atoms with E-state index in [-0.39, 0.29) is 11.9 Å². The van der Waals surface area contributed by atoms with Crippen molar-refractivity contribution in [3.63, 3.8) is 0 Å². The van der Waals surface area contributed by atoms with Crippen molar-refractivity contribution in [1.29, 1.82) is 0 Å². The second-order valence-corrected chi connectivity index (χ2v) is 10.1. The van der Waals surface area contributed by atoms with E-state index in [2.05, 4.69) is 65.6 Å². The lowest BCUT2D eigenvalue weighted by molar-refractivity contribution is 0.0599. The summed E-state index contributed by atoms with van der Waals surface area (Å²) in [7, 11) is 0. The van der Waals surface area contributed by atoms with Crippen LogP contribution in [0.3, 0.4) is 0 Å². The highest BCUT2D eigenvalue weighted by molar-refractivity contribution is 6.30. The average Bonchev–Trinajstić information content (AvgIpc) is 2.98. The molecule has 0 unspecified atom stereocenters. The van der Waals surface area contributed by atoms with Crippen LogP contribution in [-0.4, -0.2) is 46.9 Å². The predicted molar refractivity (Wildman–Crippen MR) is 154 cm³/mol. The Morgan fingerprint density at radius 3 is 1.92 bits per heavy atom. The maximum Gasteiger partial charge on any atom is 0.254 e. The van der Waals surface area contributed by atoms with Crippen molar-refractivity contribution in [1.82, 2.24) is 14.8 Å². The Kier molecular flexibility index (Phi) is 6.91. The van der Waals surface area contributed by atoms with E-state index < -0.39 is 0 Å². The van der Waals surface area contributed by atoms with E-state index in [1.165, 1.54) is 11.1 Å². The first-order chi connectivity index (χ1) is 18.7. The van der Waals surface area contributed by atoms with Crippen molar-refractivity contribution in [2.75, 3.05) is 26.2 Å². The first kappa shape index (κ1) is 24.4. The fourth-order valence-corrected chi connectivity index (χ4v) is 5.49. The van der Waals surface area contributed by atoms with Gasteiger partial charge in [0.25, 0.3) is 5.91 Å². The van der Waals surface area contributed by atoms with Gasteiger partial charge in [-0.3, -0.25) is 9.69 Å². The van der Waals surface area contributed by atoms with Gasteiger partial charge in [-0.25, -0.2) is 4.98 Å². The lowest BCUT2D eigenvalue weighted by Gasteiger charge is -2.40. The number of amides is 1. The molecule has 0 saturated carbocycles. The summed E-state index contributed by atoms with van der Waals surface area (Å²) in [6.45, 7) is 2.93. The summed E-state index contributed by atoms with van der Waals surface area (Å²) in [4.78, 5) is 23.2. The number of nitrogens with zero attached hydrogens (tertiary/aromatic N) is 3. The van der Waals surface area contributed by atoms with Gasteiger partial charge in [-0.05, 0) is 35.4 Å². The third-order valence-electron chi connectivity index (χ3n) is 7.28. The van der Waals surface area contributed by atoms with Crippen LogP contribution in [-0.2, 0) is 0 Å². The molecule has 0 atom stereocenters. The molecule has 0 N–H and O–H groups in total. The van der Waals surface area contributed by atoms with Gasteiger partial charge in [0.2, 0.25) is 0 Å². The number of carbonyl (C=O) groups is 1. The van der Waals surface area contributed by atoms with Gasteiger partial charge >= 0.3 is 0 Å². The number of fused-ring (bicyclic) bond motifs is 1. The third-order valence-corrected chi connectivity index (χ3v) is 7.54. The van der Waals surface area contributed by atoms with Crippen molar-refractivity contribution in [2.45, 2.75) is 6.04 Å². The number of rotatable bonds is 5. The maximum atomic E-state index is 13.9. The quantitative estimate of drug-likeness (QED) is 0.249. The predicted octanol–water partition coefficient (Wildman–Crippen LogP) is 7.10. The van der Waals surface area contributed by atoms with Crippen LogP contribution in [0.15, 0.2) is 115 Å². The highest BCUT2D eigenvalue weighted by Gasteiger charge is 2.29. The van der Waals surface area contributed by atoms with Crippen molar-refractivity contribution in [3.05, 3.63) is 137 Å². The van der Waals surface area contributed by atoms with E-state index in [0.717, 1.165) is 35.2 Å². The fraction of sp³-hybridized carbons (Fsp3) is 0.152. The Bertz CT molecular complexity index is 1510. The summed E-state index contributed by atoms with van der Waals surface area (Å²) in [5, 5.41) is 1.55. The van der Waals surface area contributed by atoms with Gasteiger partial charge in [0.15, 0.2) is 0 Å². The molecule has 0 bridgehead atoms. The standard InChI is InChI=1S/C33H28ClN3O/c34-27-17-15-24(16-18-27)31-23-29(28-13-7-8-14-30(28)35-31)33(38)37-21-19-36(20-22-37)32(25-9-3-1-4-10-25)26-11-5-2-6-12-26/h1-18,23,32H,19-22H2. The first-order valence-electron chi connectivity index (χ1n) is 13.0. The molecular weight excluding hydrogens is 490 g/mol. The minimum atomic E-state index is 0.0504. The molecule has 38 heavy (non-hydrogen) atoms. The van der Waals surface area contributed by atoms with Gasteiger partial charge in [0, 0.05) is 42.2 Å². The van der Waals surface area contributed by atoms with E-state index in [1.807, 2.05) is 59.5 Å². The first-order valence-corrected chi connectivity index (χ1v) is 13.3. The number of halogens is 1. The van der Waals surface area contributed by atoms with E-state index >= 15 is 0 Å². The largest absolute Gasteiger partial charge is 0.336 e. The van der Waals surface area contributed by atoms with Gasteiger partial charge in [0.05, 0.1) is 22.8 Å². The van der Waals surface area contributed by atoms with Crippen molar-refractivity contribution >= 4 is 28.4 Å². The summed E-state index contributed by atoms with van der Waals surface area (Å²) < 4.78 is 0. The second-order valence-electron chi connectivity index (χ2n) is 9.63. The summed E-state index contributed by atoms with van der Waals surface area (Å²) in [6, 6.07) is 38.8. The summed E-state index contributed by atoms with van der Waals surface area (Å²) in [5.41, 5.74) is 5.76. The van der Waals surface area contributed by atoms with Crippen molar-refractivity contribution < 1.29 is 4.79 Å². The monoisotopic (exact) mass is 517 g/mol. The molecule has 4 aromatic carbocycles. The van der Waals surface area contributed by atoms with Gasteiger partial charge in [-0.15, -0.1) is 0 Å². The number of piperazine rings is 1. The SMILES string of the molecule is O=C(c1cc(-c2ccc(Cl)cc2)nc2ccccc12)N1CCN(C(c2ccccc2)c2ccccc2)CC1. The molecule has 5 heteroatoms. The molecule has 2 heterocycles. The zero-order chi connectivity index (χ0) is 25.9. The zero-order valence-corrected chi connectivity index (χ0v) is 21.8. The van der Waals surface area contributed by atoms with Crippen molar-refractivity contribution in [3.8, 4) is 11.3 Å². The zero-order valence-electron chi connectivity index (χ0n) is 21.0. The second kappa shape index (κ2) is 10.8. The number of hydrogen-bond acceptors (Lipinski definition) is 3. The molecule has 6 rings (SSSR count). The molecule has 0 radical (unpaired) electrons. The van der Waals surface area contributed by atoms with Crippen LogP contribution in [0.2, 0.25) is 5.02 Å². The molecule has 1 fully saturated rings. The molecule has 1 amide bonds. The number of hydrogen-bond donors (Lipinski definition) is 0. The number of para-hydroxylation sites is 1. The van der Waals surface area contributed by atoms with Gasteiger partial charge < -0.3 is 4.90 Å². The molecule has 4 nitrogen and oxygen atoms in total. The number of benzene rings is 4. The Morgan fingerprint density at radius 2 is 1.29 bits per heavy atom. The Morgan fingerprint density at radius 1 is 0.711 bits per heavy atom. The topological polar surface area (TPSA) is 36.4 Å². The minimum absolute atomic E-state index is 0.0504. The summed E-state index contributed by atoms with van der Waals surface area (Å²) in [5.74, 6) is 0.0504. The van der Waals surface area contributed by atoms with Crippen LogP contribution in [0.5, 0.6) is 0 Å². The molecular formula is C33H28ClN3O. The molecule has 1 saturated heterocycles. The lowest BCUT2D eigenvalue weighted by atomic mass is 9.96. The molecule has 1 aliphatic rings. The summed E-state index contributed by atoms with van der Waals surface area (Å²) in [6.07, 6.45) is 0. The number of pyridine rings is 1. The smallest absolute Gasteiger partial charge is 0.254 e. The lowest BCUT2D eigenvalue weighted by Crippen LogP contribution is -2.49.